The van der Waals surface area contributed by atoms with Crippen LogP contribution in [0.1, 0.15) is 38.2 Å². The van der Waals surface area contributed by atoms with Gasteiger partial charge in [-0.3, -0.25) is 9.59 Å². The summed E-state index contributed by atoms with van der Waals surface area (Å²) in [6.45, 7) is 4.04. The molecule has 0 radical (unpaired) electrons. The van der Waals surface area contributed by atoms with Gasteiger partial charge in [-0.15, -0.1) is 0 Å². The quantitative estimate of drug-likeness (QED) is 0.727. The first-order valence-electron chi connectivity index (χ1n) is 8.50. The van der Waals surface area contributed by atoms with Crippen LogP contribution in [0.15, 0.2) is 42.5 Å². The first-order valence-corrected chi connectivity index (χ1v) is 8.87. The molecule has 0 unspecified atom stereocenters. The Kier molecular flexibility index (Phi) is 5.01. The van der Waals surface area contributed by atoms with Crippen molar-refractivity contribution >= 4 is 34.8 Å². The van der Waals surface area contributed by atoms with Gasteiger partial charge in [0.15, 0.2) is 0 Å². The molecular weight excluding hydrogens is 355 g/mol. The van der Waals surface area contributed by atoms with Gasteiger partial charge in [-0.1, -0.05) is 25.4 Å². The summed E-state index contributed by atoms with van der Waals surface area (Å²) >= 11 is 6.18. The van der Waals surface area contributed by atoms with Crippen molar-refractivity contribution in [2.75, 3.05) is 10.6 Å². The van der Waals surface area contributed by atoms with Crippen LogP contribution in [0.2, 0.25) is 5.02 Å². The van der Waals surface area contributed by atoms with Crippen molar-refractivity contribution < 1.29 is 14.0 Å². The van der Waals surface area contributed by atoms with Crippen molar-refractivity contribution in [2.24, 2.45) is 5.41 Å². The molecule has 1 aliphatic carbocycles. The van der Waals surface area contributed by atoms with Gasteiger partial charge in [0.2, 0.25) is 11.8 Å². The zero-order valence-corrected chi connectivity index (χ0v) is 15.4. The van der Waals surface area contributed by atoms with Crippen molar-refractivity contribution in [2.45, 2.75) is 32.6 Å². The fourth-order valence-corrected chi connectivity index (χ4v) is 3.12. The van der Waals surface area contributed by atoms with Crippen LogP contribution >= 0.6 is 11.6 Å². The summed E-state index contributed by atoms with van der Waals surface area (Å²) in [6, 6.07) is 10.8. The molecule has 0 spiro atoms. The fraction of sp³-hybridized carbons (Fsp3) is 0.300. The Labute approximate surface area is 156 Å². The Morgan fingerprint density at radius 1 is 1.00 bits per heavy atom. The van der Waals surface area contributed by atoms with Gasteiger partial charge in [0.05, 0.1) is 0 Å². The van der Waals surface area contributed by atoms with E-state index in [1.54, 1.807) is 12.1 Å². The summed E-state index contributed by atoms with van der Waals surface area (Å²) in [6.07, 6.45) is 0.965. The third-order valence-corrected chi connectivity index (χ3v) is 4.94. The minimum Gasteiger partial charge on any atom is -0.325 e. The molecule has 1 aliphatic rings. The molecule has 2 aromatic rings. The number of anilines is 2. The van der Waals surface area contributed by atoms with Crippen molar-refractivity contribution in [1.29, 1.82) is 0 Å². The second-order valence-corrected chi connectivity index (χ2v) is 7.30. The molecule has 0 atom stereocenters. The highest BCUT2D eigenvalue weighted by Gasteiger charge is 2.56. The molecule has 136 valence electrons. The van der Waals surface area contributed by atoms with Crippen LogP contribution in [0.5, 0.6) is 0 Å². The van der Waals surface area contributed by atoms with Crippen molar-refractivity contribution in [3.8, 4) is 0 Å². The highest BCUT2D eigenvalue weighted by atomic mass is 35.5. The van der Waals surface area contributed by atoms with Crippen molar-refractivity contribution in [3.63, 3.8) is 0 Å². The van der Waals surface area contributed by atoms with Crippen LogP contribution < -0.4 is 10.6 Å². The number of halogens is 2. The van der Waals surface area contributed by atoms with Gasteiger partial charge >= 0.3 is 0 Å². The number of nitrogens with one attached hydrogen (secondary N) is 2. The lowest BCUT2D eigenvalue weighted by molar-refractivity contribution is -0.131. The van der Waals surface area contributed by atoms with E-state index in [4.69, 9.17) is 11.6 Å². The minimum atomic E-state index is -1.08. The van der Waals surface area contributed by atoms with Crippen LogP contribution in [-0.4, -0.2) is 11.8 Å². The van der Waals surface area contributed by atoms with E-state index in [0.29, 0.717) is 29.2 Å². The van der Waals surface area contributed by atoms with E-state index in [1.165, 1.54) is 24.3 Å². The molecule has 0 saturated heterocycles. The molecule has 1 saturated carbocycles. The van der Waals surface area contributed by atoms with Gasteiger partial charge in [0.1, 0.15) is 11.2 Å². The number of benzene rings is 2. The van der Waals surface area contributed by atoms with Gasteiger partial charge in [-0.2, -0.15) is 0 Å². The summed E-state index contributed by atoms with van der Waals surface area (Å²) in [5.41, 5.74) is 0.935. The van der Waals surface area contributed by atoms with Gasteiger partial charge in [0, 0.05) is 16.4 Å². The lowest BCUT2D eigenvalue weighted by Crippen LogP contribution is -2.35. The van der Waals surface area contributed by atoms with E-state index < -0.39 is 5.41 Å². The van der Waals surface area contributed by atoms with E-state index in [9.17, 15) is 14.0 Å². The van der Waals surface area contributed by atoms with Gasteiger partial charge in [-0.25, -0.2) is 4.39 Å². The van der Waals surface area contributed by atoms with Crippen LogP contribution in [0.25, 0.3) is 0 Å². The third-order valence-electron chi connectivity index (χ3n) is 4.60. The van der Waals surface area contributed by atoms with Crippen LogP contribution in [-0.2, 0) is 9.59 Å². The number of carbonyl (C=O) groups is 2. The molecule has 2 N–H and O–H groups in total. The zero-order valence-electron chi connectivity index (χ0n) is 14.6. The molecule has 0 aliphatic heterocycles. The highest BCUT2D eigenvalue weighted by molar-refractivity contribution is 6.31. The first kappa shape index (κ1) is 18.4. The number of carbonyl (C=O) groups excluding carboxylic acids is 2. The maximum absolute atomic E-state index is 13.0. The first-order chi connectivity index (χ1) is 12.3. The van der Waals surface area contributed by atoms with Crippen molar-refractivity contribution in [1.82, 2.24) is 0 Å². The van der Waals surface area contributed by atoms with Crippen LogP contribution in [0.3, 0.4) is 0 Å². The molecule has 1 fully saturated rings. The van der Waals surface area contributed by atoms with E-state index in [-0.39, 0.29) is 23.5 Å². The molecule has 0 aromatic heterocycles. The molecular formula is C20H20ClFN2O2. The Bertz CT molecular complexity index is 845. The Hall–Kier alpha value is -2.40. The number of hydrogen-bond donors (Lipinski definition) is 2. The maximum atomic E-state index is 13.0. The Balaban J connectivity index is 1.72. The second kappa shape index (κ2) is 7.08. The topological polar surface area (TPSA) is 58.2 Å². The largest absolute Gasteiger partial charge is 0.325 e. The lowest BCUT2D eigenvalue weighted by Gasteiger charge is -2.17. The summed E-state index contributed by atoms with van der Waals surface area (Å²) in [5.74, 6) is -0.879. The second-order valence-electron chi connectivity index (χ2n) is 6.89. The van der Waals surface area contributed by atoms with E-state index in [1.807, 2.05) is 19.9 Å². The molecule has 0 heterocycles. The highest BCUT2D eigenvalue weighted by Crippen LogP contribution is 2.47. The monoisotopic (exact) mass is 374 g/mol. The van der Waals surface area contributed by atoms with Gasteiger partial charge in [0.25, 0.3) is 0 Å². The molecule has 6 heteroatoms. The number of rotatable bonds is 5. The smallest absolute Gasteiger partial charge is 0.240 e. The Morgan fingerprint density at radius 2 is 1.54 bits per heavy atom. The Morgan fingerprint density at radius 3 is 2.08 bits per heavy atom. The molecule has 0 bridgehead atoms. The fourth-order valence-electron chi connectivity index (χ4n) is 2.78. The molecule has 4 nitrogen and oxygen atoms in total. The van der Waals surface area contributed by atoms with Crippen LogP contribution in [0.4, 0.5) is 15.8 Å². The van der Waals surface area contributed by atoms with Gasteiger partial charge < -0.3 is 10.6 Å². The molecule has 3 rings (SSSR count). The summed E-state index contributed by atoms with van der Waals surface area (Å²) in [4.78, 5) is 25.2. The number of amides is 2. The standard InChI is InChI=1S/C20H20ClFN2O2/c1-12(2)16-11-15(7-8-17(16)21)24-19(26)20(9-10-20)18(25)23-14-5-3-13(22)4-6-14/h3-8,11-12H,9-10H2,1-2H3,(H,23,25)(H,24,26). The normalized spacial score (nSPS) is 14.8. The zero-order chi connectivity index (χ0) is 18.9. The van der Waals surface area contributed by atoms with E-state index in [2.05, 4.69) is 10.6 Å². The van der Waals surface area contributed by atoms with E-state index in [0.717, 1.165) is 5.56 Å². The maximum Gasteiger partial charge on any atom is 0.240 e. The summed E-state index contributed by atoms with van der Waals surface area (Å²) in [7, 11) is 0. The predicted molar refractivity (Wildman–Crippen MR) is 101 cm³/mol. The SMILES string of the molecule is CC(C)c1cc(NC(=O)C2(C(=O)Nc3ccc(F)cc3)CC2)ccc1Cl. The molecule has 2 aromatic carbocycles. The lowest BCUT2D eigenvalue weighted by atomic mass is 10.0. The molecule has 2 amide bonds. The third kappa shape index (κ3) is 3.73. The minimum absolute atomic E-state index is 0.219. The number of hydrogen-bond acceptors (Lipinski definition) is 2. The average molecular weight is 375 g/mol. The summed E-state index contributed by atoms with van der Waals surface area (Å²) in [5, 5.41) is 6.16. The van der Waals surface area contributed by atoms with Crippen LogP contribution in [0, 0.1) is 11.2 Å². The van der Waals surface area contributed by atoms with E-state index >= 15 is 0 Å². The van der Waals surface area contributed by atoms with Crippen molar-refractivity contribution in [3.05, 3.63) is 58.9 Å². The predicted octanol–water partition coefficient (Wildman–Crippen LogP) is 4.96. The van der Waals surface area contributed by atoms with Gasteiger partial charge in [-0.05, 0) is 66.8 Å². The average Bonchev–Trinajstić information content (AvgIpc) is 3.40. The molecule has 26 heavy (non-hydrogen) atoms. The summed E-state index contributed by atoms with van der Waals surface area (Å²) < 4.78 is 13.0.